The largest absolute Gasteiger partial charge is 0.381 e. The van der Waals surface area contributed by atoms with Crippen molar-refractivity contribution in [3.05, 3.63) is 16.9 Å². The average molecular weight is 286 g/mol. The lowest BCUT2D eigenvalue weighted by Crippen LogP contribution is -2.32. The molecule has 1 aromatic rings. The first kappa shape index (κ1) is 14.8. The van der Waals surface area contributed by atoms with Crippen LogP contribution in [0.4, 0.5) is 0 Å². The molecule has 0 amide bonds. The molecular formula is C14H24ClN3O. The molecule has 2 rings (SSSR count). The Kier molecular flexibility index (Phi) is 5.25. The molecule has 0 spiro atoms. The van der Waals surface area contributed by atoms with Gasteiger partial charge in [-0.15, -0.1) is 0 Å². The van der Waals surface area contributed by atoms with Gasteiger partial charge in [0.1, 0.15) is 0 Å². The minimum absolute atomic E-state index is 0.236. The predicted octanol–water partition coefficient (Wildman–Crippen LogP) is 3.19. The van der Waals surface area contributed by atoms with Gasteiger partial charge >= 0.3 is 0 Å². The van der Waals surface area contributed by atoms with Crippen LogP contribution in [0.25, 0.3) is 0 Å². The van der Waals surface area contributed by atoms with Crippen molar-refractivity contribution >= 4 is 11.6 Å². The normalized spacial score (nSPS) is 21.2. The quantitative estimate of drug-likeness (QED) is 0.872. The first-order valence-electron chi connectivity index (χ1n) is 7.19. The maximum atomic E-state index is 6.38. The molecule has 1 aromatic heterocycles. The highest BCUT2D eigenvalue weighted by Crippen LogP contribution is 2.34. The number of nitrogens with one attached hydrogen (secondary N) is 1. The van der Waals surface area contributed by atoms with E-state index < -0.39 is 0 Å². The summed E-state index contributed by atoms with van der Waals surface area (Å²) in [6.07, 6.45) is 3.95. The second kappa shape index (κ2) is 6.73. The van der Waals surface area contributed by atoms with Gasteiger partial charge in [-0.3, -0.25) is 4.68 Å². The fourth-order valence-electron chi connectivity index (χ4n) is 2.66. The molecule has 1 saturated heterocycles. The van der Waals surface area contributed by atoms with Crippen LogP contribution in [0.3, 0.4) is 0 Å². The molecule has 2 atom stereocenters. The van der Waals surface area contributed by atoms with Crippen LogP contribution in [-0.2, 0) is 4.74 Å². The summed E-state index contributed by atoms with van der Waals surface area (Å²) in [6, 6.07) is 0.551. The highest BCUT2D eigenvalue weighted by Gasteiger charge is 2.31. The molecule has 1 fully saturated rings. The molecule has 1 aliphatic heterocycles. The van der Waals surface area contributed by atoms with E-state index in [0.717, 1.165) is 43.3 Å². The summed E-state index contributed by atoms with van der Waals surface area (Å²) >= 11 is 6.38. The minimum Gasteiger partial charge on any atom is -0.381 e. The van der Waals surface area contributed by atoms with Crippen molar-refractivity contribution in [1.29, 1.82) is 0 Å². The van der Waals surface area contributed by atoms with E-state index >= 15 is 0 Å². The highest BCUT2D eigenvalue weighted by atomic mass is 35.5. The number of aromatic nitrogens is 2. The first-order chi connectivity index (χ1) is 9.15. The van der Waals surface area contributed by atoms with Crippen molar-refractivity contribution in [1.82, 2.24) is 15.1 Å². The number of ether oxygens (including phenoxy) is 1. The first-order valence-corrected chi connectivity index (χ1v) is 7.57. The van der Waals surface area contributed by atoms with Gasteiger partial charge < -0.3 is 10.1 Å². The zero-order valence-corrected chi connectivity index (χ0v) is 12.8. The number of hydrogen-bond acceptors (Lipinski definition) is 3. The second-order valence-corrected chi connectivity index (χ2v) is 5.88. The van der Waals surface area contributed by atoms with Crippen molar-refractivity contribution in [2.45, 2.75) is 45.7 Å². The standard InChI is InChI=1S/C14H24ClN3O/c1-4-6-16-13(11-5-7-19-9-11)14-12(15)8-17-18(14)10(2)3/h8,10-11,13,16H,4-7,9H2,1-3H3. The molecule has 0 aliphatic carbocycles. The Balaban J connectivity index is 2.28. The topological polar surface area (TPSA) is 39.1 Å². The van der Waals surface area contributed by atoms with Crippen LogP contribution in [0.1, 0.15) is 51.4 Å². The Morgan fingerprint density at radius 3 is 2.95 bits per heavy atom. The Morgan fingerprint density at radius 2 is 2.37 bits per heavy atom. The van der Waals surface area contributed by atoms with Crippen molar-refractivity contribution in [2.24, 2.45) is 5.92 Å². The Hall–Kier alpha value is -0.580. The van der Waals surface area contributed by atoms with E-state index in [1.165, 1.54) is 0 Å². The summed E-state index contributed by atoms with van der Waals surface area (Å²) in [5.41, 5.74) is 1.11. The van der Waals surface area contributed by atoms with E-state index in [-0.39, 0.29) is 6.04 Å². The third kappa shape index (κ3) is 3.30. The van der Waals surface area contributed by atoms with E-state index in [0.29, 0.717) is 12.0 Å². The van der Waals surface area contributed by atoms with Crippen molar-refractivity contribution in [3.8, 4) is 0 Å². The predicted molar refractivity (Wildman–Crippen MR) is 77.6 cm³/mol. The number of halogens is 1. The van der Waals surface area contributed by atoms with E-state index in [9.17, 15) is 0 Å². The monoisotopic (exact) mass is 285 g/mol. The zero-order chi connectivity index (χ0) is 13.8. The summed E-state index contributed by atoms with van der Waals surface area (Å²) in [5.74, 6) is 0.484. The summed E-state index contributed by atoms with van der Waals surface area (Å²) in [4.78, 5) is 0. The number of nitrogens with zero attached hydrogens (tertiary/aromatic N) is 2. The van der Waals surface area contributed by atoms with Crippen molar-refractivity contribution in [2.75, 3.05) is 19.8 Å². The minimum atomic E-state index is 0.236. The molecule has 1 N–H and O–H groups in total. The van der Waals surface area contributed by atoms with E-state index in [1.54, 1.807) is 6.20 Å². The van der Waals surface area contributed by atoms with Crippen LogP contribution in [-0.4, -0.2) is 29.5 Å². The molecule has 0 radical (unpaired) electrons. The highest BCUT2D eigenvalue weighted by molar-refractivity contribution is 6.31. The molecule has 108 valence electrons. The van der Waals surface area contributed by atoms with Gasteiger partial charge in [-0.1, -0.05) is 18.5 Å². The fourth-order valence-corrected chi connectivity index (χ4v) is 2.90. The van der Waals surface area contributed by atoms with E-state index in [4.69, 9.17) is 16.3 Å². The third-order valence-electron chi connectivity index (χ3n) is 3.62. The van der Waals surface area contributed by atoms with Crippen LogP contribution >= 0.6 is 11.6 Å². The fraction of sp³-hybridized carbons (Fsp3) is 0.786. The zero-order valence-electron chi connectivity index (χ0n) is 12.0. The molecular weight excluding hydrogens is 262 g/mol. The van der Waals surface area contributed by atoms with Gasteiger partial charge in [0.25, 0.3) is 0 Å². The number of hydrogen-bond donors (Lipinski definition) is 1. The molecule has 2 unspecified atom stereocenters. The lowest BCUT2D eigenvalue weighted by Gasteiger charge is -2.26. The van der Waals surface area contributed by atoms with Crippen LogP contribution in [0.5, 0.6) is 0 Å². The molecule has 2 heterocycles. The Bertz CT molecular complexity index is 399. The second-order valence-electron chi connectivity index (χ2n) is 5.47. The summed E-state index contributed by atoms with van der Waals surface area (Å²) in [5, 5.41) is 8.80. The molecule has 4 nitrogen and oxygen atoms in total. The lowest BCUT2D eigenvalue weighted by atomic mass is 9.95. The van der Waals surface area contributed by atoms with Crippen molar-refractivity contribution in [3.63, 3.8) is 0 Å². The summed E-state index contributed by atoms with van der Waals surface area (Å²) in [7, 11) is 0. The van der Waals surface area contributed by atoms with Gasteiger partial charge in [0.05, 0.1) is 29.6 Å². The van der Waals surface area contributed by atoms with Crippen LogP contribution in [0, 0.1) is 5.92 Å². The summed E-state index contributed by atoms with van der Waals surface area (Å²) in [6.45, 7) is 9.09. The van der Waals surface area contributed by atoms with E-state index in [1.807, 2.05) is 4.68 Å². The van der Waals surface area contributed by atoms with Crippen LogP contribution in [0.15, 0.2) is 6.20 Å². The molecule has 0 saturated carbocycles. The Morgan fingerprint density at radius 1 is 1.58 bits per heavy atom. The van der Waals surface area contributed by atoms with Gasteiger partial charge in [-0.2, -0.15) is 5.10 Å². The molecule has 5 heteroatoms. The van der Waals surface area contributed by atoms with Gasteiger partial charge in [-0.05, 0) is 33.2 Å². The summed E-state index contributed by atoms with van der Waals surface area (Å²) < 4.78 is 7.58. The van der Waals surface area contributed by atoms with Gasteiger partial charge in [-0.25, -0.2) is 0 Å². The third-order valence-corrected chi connectivity index (χ3v) is 3.91. The lowest BCUT2D eigenvalue weighted by molar-refractivity contribution is 0.175. The van der Waals surface area contributed by atoms with Crippen molar-refractivity contribution < 1.29 is 4.74 Å². The Labute approximate surface area is 120 Å². The van der Waals surface area contributed by atoms with Gasteiger partial charge in [0.2, 0.25) is 0 Å². The molecule has 0 aromatic carbocycles. The molecule has 0 bridgehead atoms. The van der Waals surface area contributed by atoms with Gasteiger partial charge in [0, 0.05) is 18.6 Å². The van der Waals surface area contributed by atoms with E-state index in [2.05, 4.69) is 31.2 Å². The van der Waals surface area contributed by atoms with Crippen LogP contribution < -0.4 is 5.32 Å². The average Bonchev–Trinajstić information content (AvgIpc) is 3.01. The number of rotatable bonds is 6. The van der Waals surface area contributed by atoms with Crippen LogP contribution in [0.2, 0.25) is 5.02 Å². The SMILES string of the molecule is CCCNC(c1c(Cl)cnn1C(C)C)C1CCOC1. The smallest absolute Gasteiger partial charge is 0.0834 e. The molecule has 1 aliphatic rings. The molecule has 19 heavy (non-hydrogen) atoms. The maximum Gasteiger partial charge on any atom is 0.0834 e. The van der Waals surface area contributed by atoms with Gasteiger partial charge in [0.15, 0.2) is 0 Å². The maximum absolute atomic E-state index is 6.38.